The predicted molar refractivity (Wildman–Crippen MR) is 87.2 cm³/mol. The number of thiophene rings is 1. The molecule has 1 unspecified atom stereocenters. The van der Waals surface area contributed by atoms with Crippen LogP contribution in [-0.2, 0) is 9.53 Å². The van der Waals surface area contributed by atoms with Gasteiger partial charge < -0.3 is 10.1 Å². The number of halogens is 1. The number of benzene rings is 1. The molecule has 0 spiro atoms. The molecular weight excluding hydrogens is 322 g/mol. The van der Waals surface area contributed by atoms with E-state index in [1.165, 1.54) is 11.3 Å². The van der Waals surface area contributed by atoms with Gasteiger partial charge in [0.05, 0.1) is 23.9 Å². The van der Waals surface area contributed by atoms with Gasteiger partial charge in [0, 0.05) is 5.02 Å². The molecule has 1 amide bonds. The molecule has 1 heterocycles. The Morgan fingerprint density at radius 3 is 2.68 bits per heavy atom. The van der Waals surface area contributed by atoms with Crippen molar-refractivity contribution < 1.29 is 14.3 Å². The van der Waals surface area contributed by atoms with Gasteiger partial charge in [0.25, 0.3) is 5.91 Å². The van der Waals surface area contributed by atoms with Crippen LogP contribution in [-0.4, -0.2) is 18.5 Å². The summed E-state index contributed by atoms with van der Waals surface area (Å²) in [6, 6.07) is 10.1. The van der Waals surface area contributed by atoms with Gasteiger partial charge in [-0.1, -0.05) is 35.9 Å². The van der Waals surface area contributed by atoms with E-state index in [9.17, 15) is 9.59 Å². The van der Waals surface area contributed by atoms with Crippen molar-refractivity contribution in [2.45, 2.75) is 19.4 Å². The number of rotatable bonds is 6. The molecule has 0 aliphatic heterocycles. The summed E-state index contributed by atoms with van der Waals surface area (Å²) in [4.78, 5) is 24.6. The van der Waals surface area contributed by atoms with Crippen LogP contribution in [0.25, 0.3) is 0 Å². The van der Waals surface area contributed by atoms with Crippen molar-refractivity contribution in [3.8, 4) is 0 Å². The fourth-order valence-corrected chi connectivity index (χ4v) is 2.91. The van der Waals surface area contributed by atoms with Crippen LogP contribution in [0.2, 0.25) is 5.02 Å². The van der Waals surface area contributed by atoms with Crippen molar-refractivity contribution in [2.75, 3.05) is 6.61 Å². The summed E-state index contributed by atoms with van der Waals surface area (Å²) in [7, 11) is 0. The molecule has 0 aliphatic carbocycles. The van der Waals surface area contributed by atoms with Crippen LogP contribution in [0.1, 0.15) is 34.6 Å². The van der Waals surface area contributed by atoms with Crippen LogP contribution in [0.15, 0.2) is 41.8 Å². The lowest BCUT2D eigenvalue weighted by Gasteiger charge is -2.19. The van der Waals surface area contributed by atoms with Gasteiger partial charge in [0.1, 0.15) is 0 Å². The highest BCUT2D eigenvalue weighted by Crippen LogP contribution is 2.26. The summed E-state index contributed by atoms with van der Waals surface area (Å²) in [6.45, 7) is 2.04. The maximum absolute atomic E-state index is 12.2. The third-order valence-electron chi connectivity index (χ3n) is 3.01. The molecule has 6 heteroatoms. The fourth-order valence-electron chi connectivity index (χ4n) is 2.02. The zero-order chi connectivity index (χ0) is 15.9. The third kappa shape index (κ3) is 4.32. The van der Waals surface area contributed by atoms with E-state index in [-0.39, 0.29) is 18.3 Å². The highest BCUT2D eigenvalue weighted by atomic mass is 35.5. The molecule has 22 heavy (non-hydrogen) atoms. The first-order chi connectivity index (χ1) is 10.6. The lowest BCUT2D eigenvalue weighted by molar-refractivity contribution is -0.143. The molecule has 1 aromatic heterocycles. The Balaban J connectivity index is 2.20. The minimum Gasteiger partial charge on any atom is -0.466 e. The number of carbonyl (C=O) groups is 2. The van der Waals surface area contributed by atoms with E-state index in [2.05, 4.69) is 5.32 Å². The zero-order valence-electron chi connectivity index (χ0n) is 12.0. The topological polar surface area (TPSA) is 55.4 Å². The SMILES string of the molecule is CCOC(=O)CC(NC(=O)c1cccs1)c1ccccc1Cl. The molecule has 0 fully saturated rings. The average Bonchev–Trinajstić information content (AvgIpc) is 3.01. The second-order valence-electron chi connectivity index (χ2n) is 4.53. The van der Waals surface area contributed by atoms with Gasteiger partial charge in [-0.15, -0.1) is 11.3 Å². The van der Waals surface area contributed by atoms with E-state index < -0.39 is 6.04 Å². The summed E-state index contributed by atoms with van der Waals surface area (Å²) in [5, 5.41) is 5.18. The van der Waals surface area contributed by atoms with E-state index in [0.717, 1.165) is 0 Å². The van der Waals surface area contributed by atoms with Gasteiger partial charge in [-0.3, -0.25) is 9.59 Å². The second kappa shape index (κ2) is 7.96. The van der Waals surface area contributed by atoms with Crippen molar-refractivity contribution in [3.05, 3.63) is 57.2 Å². The number of amides is 1. The molecule has 0 radical (unpaired) electrons. The van der Waals surface area contributed by atoms with Gasteiger partial charge in [-0.2, -0.15) is 0 Å². The van der Waals surface area contributed by atoms with Crippen LogP contribution in [0.4, 0.5) is 0 Å². The summed E-state index contributed by atoms with van der Waals surface area (Å²) in [5.74, 6) is -0.608. The van der Waals surface area contributed by atoms with Crippen LogP contribution in [0.3, 0.4) is 0 Å². The molecule has 0 aliphatic rings. The van der Waals surface area contributed by atoms with Gasteiger partial charge in [0.15, 0.2) is 0 Å². The lowest BCUT2D eigenvalue weighted by Crippen LogP contribution is -2.30. The Morgan fingerprint density at radius 1 is 1.27 bits per heavy atom. The second-order valence-corrected chi connectivity index (χ2v) is 5.89. The molecule has 0 saturated carbocycles. The maximum Gasteiger partial charge on any atom is 0.308 e. The molecule has 1 N–H and O–H groups in total. The quantitative estimate of drug-likeness (QED) is 0.815. The lowest BCUT2D eigenvalue weighted by atomic mass is 10.0. The van der Waals surface area contributed by atoms with Crippen LogP contribution in [0.5, 0.6) is 0 Å². The van der Waals surface area contributed by atoms with Gasteiger partial charge in [-0.05, 0) is 30.0 Å². The summed E-state index contributed by atoms with van der Waals surface area (Å²) in [6.07, 6.45) is 0.0364. The first kappa shape index (κ1) is 16.5. The minimum atomic E-state index is -0.526. The summed E-state index contributed by atoms with van der Waals surface area (Å²) >= 11 is 7.53. The highest BCUT2D eigenvalue weighted by Gasteiger charge is 2.22. The van der Waals surface area contributed by atoms with E-state index in [1.807, 2.05) is 11.4 Å². The van der Waals surface area contributed by atoms with E-state index in [4.69, 9.17) is 16.3 Å². The molecule has 2 aromatic rings. The predicted octanol–water partition coefficient (Wildman–Crippen LogP) is 3.83. The van der Waals surface area contributed by atoms with E-state index in [0.29, 0.717) is 22.1 Å². The van der Waals surface area contributed by atoms with E-state index in [1.54, 1.807) is 37.3 Å². The monoisotopic (exact) mass is 337 g/mol. The molecule has 2 rings (SSSR count). The molecular formula is C16H16ClNO3S. The highest BCUT2D eigenvalue weighted by molar-refractivity contribution is 7.12. The standard InChI is InChI=1S/C16H16ClNO3S/c1-2-21-15(19)10-13(11-6-3-4-7-12(11)17)18-16(20)14-8-5-9-22-14/h3-9,13H,2,10H2,1H3,(H,18,20). The largest absolute Gasteiger partial charge is 0.466 e. The average molecular weight is 338 g/mol. The molecule has 0 bridgehead atoms. The van der Waals surface area contributed by atoms with Crippen molar-refractivity contribution in [3.63, 3.8) is 0 Å². The van der Waals surface area contributed by atoms with Gasteiger partial charge in [-0.25, -0.2) is 0 Å². The van der Waals surface area contributed by atoms with Crippen molar-refractivity contribution in [1.29, 1.82) is 0 Å². The van der Waals surface area contributed by atoms with Crippen LogP contribution < -0.4 is 5.32 Å². The molecule has 4 nitrogen and oxygen atoms in total. The molecule has 1 atom stereocenters. The molecule has 1 aromatic carbocycles. The molecule has 116 valence electrons. The molecule has 0 saturated heterocycles. The Kier molecular flexibility index (Phi) is 5.98. The number of ether oxygens (including phenoxy) is 1. The Bertz CT molecular complexity index is 643. The zero-order valence-corrected chi connectivity index (χ0v) is 13.6. The number of hydrogen-bond acceptors (Lipinski definition) is 4. The normalized spacial score (nSPS) is 11.7. The minimum absolute atomic E-state index is 0.0364. The number of carbonyl (C=O) groups excluding carboxylic acids is 2. The number of esters is 1. The Labute approximate surface area is 138 Å². The van der Waals surface area contributed by atoms with Crippen LogP contribution >= 0.6 is 22.9 Å². The van der Waals surface area contributed by atoms with E-state index >= 15 is 0 Å². The summed E-state index contributed by atoms with van der Waals surface area (Å²) in [5.41, 5.74) is 0.696. The first-order valence-electron chi connectivity index (χ1n) is 6.86. The van der Waals surface area contributed by atoms with Crippen molar-refractivity contribution in [1.82, 2.24) is 5.32 Å². The van der Waals surface area contributed by atoms with Crippen molar-refractivity contribution in [2.24, 2.45) is 0 Å². The van der Waals surface area contributed by atoms with Crippen molar-refractivity contribution >= 4 is 34.8 Å². The Hall–Kier alpha value is -1.85. The smallest absolute Gasteiger partial charge is 0.308 e. The third-order valence-corrected chi connectivity index (χ3v) is 4.22. The number of nitrogens with one attached hydrogen (secondary N) is 1. The summed E-state index contributed by atoms with van der Waals surface area (Å²) < 4.78 is 4.98. The number of hydrogen-bond donors (Lipinski definition) is 1. The Morgan fingerprint density at radius 2 is 2.05 bits per heavy atom. The van der Waals surface area contributed by atoms with Gasteiger partial charge in [0.2, 0.25) is 0 Å². The van der Waals surface area contributed by atoms with Gasteiger partial charge >= 0.3 is 5.97 Å². The fraction of sp³-hybridized carbons (Fsp3) is 0.250. The van der Waals surface area contributed by atoms with Crippen LogP contribution in [0, 0.1) is 0 Å². The first-order valence-corrected chi connectivity index (χ1v) is 8.12. The maximum atomic E-state index is 12.2.